The van der Waals surface area contributed by atoms with Gasteiger partial charge in [0.15, 0.2) is 0 Å². The van der Waals surface area contributed by atoms with Crippen molar-refractivity contribution in [3.05, 3.63) is 47.5 Å². The van der Waals surface area contributed by atoms with Crippen molar-refractivity contribution in [3.8, 4) is 5.75 Å². The smallest absolute Gasteiger partial charge is 0.115 e. The molecule has 0 fully saturated rings. The van der Waals surface area contributed by atoms with E-state index in [-0.39, 0.29) is 6.61 Å². The first kappa shape index (κ1) is 12.2. The zero-order valence-corrected chi connectivity index (χ0v) is 10.8. The molecule has 0 bridgehead atoms. The van der Waals surface area contributed by atoms with E-state index in [1.807, 2.05) is 12.1 Å². The maximum atomic E-state index is 9.27. The number of aliphatic hydroxyl groups excluding tert-OH is 1. The summed E-state index contributed by atoms with van der Waals surface area (Å²) in [6, 6.07) is 7.24. The number of aryl methyl sites for hydroxylation is 1. The molecule has 1 unspecified atom stereocenters. The van der Waals surface area contributed by atoms with Crippen molar-refractivity contribution in [3.63, 3.8) is 0 Å². The molecule has 2 aromatic rings. The largest absolute Gasteiger partial charge is 0.508 e. The van der Waals surface area contributed by atoms with Crippen LogP contribution in [0.1, 0.15) is 23.5 Å². The van der Waals surface area contributed by atoms with Crippen LogP contribution < -0.4 is 0 Å². The fraction of sp³-hybridized carbons (Fsp3) is 0.400. The van der Waals surface area contributed by atoms with Crippen molar-refractivity contribution in [2.45, 2.75) is 25.8 Å². The molecule has 3 rings (SSSR count). The van der Waals surface area contributed by atoms with Gasteiger partial charge in [0.25, 0.3) is 0 Å². The second kappa shape index (κ2) is 5.05. The molecule has 0 radical (unpaired) electrons. The van der Waals surface area contributed by atoms with Crippen molar-refractivity contribution in [1.29, 1.82) is 0 Å². The number of aliphatic hydroxyl groups is 1. The first-order valence-electron chi connectivity index (χ1n) is 6.68. The van der Waals surface area contributed by atoms with E-state index in [1.165, 1.54) is 0 Å². The maximum absolute atomic E-state index is 9.27. The standard InChI is InChI=1S/C15H18N2O2/c18-10-12-3-6-15-16-13(9-17(15)8-12)7-11-1-4-14(19)5-2-11/h1-2,4-5,9,12,18-19H,3,6-8,10H2. The molecule has 1 atom stereocenters. The van der Waals surface area contributed by atoms with Crippen LogP contribution >= 0.6 is 0 Å². The Morgan fingerprint density at radius 1 is 1.26 bits per heavy atom. The Kier molecular flexibility index (Phi) is 3.25. The van der Waals surface area contributed by atoms with Crippen LogP contribution in [0.25, 0.3) is 0 Å². The van der Waals surface area contributed by atoms with E-state index in [9.17, 15) is 10.2 Å². The Balaban J connectivity index is 1.76. The monoisotopic (exact) mass is 258 g/mol. The minimum atomic E-state index is 0.255. The Morgan fingerprint density at radius 3 is 2.79 bits per heavy atom. The Hall–Kier alpha value is -1.81. The Morgan fingerprint density at radius 2 is 2.05 bits per heavy atom. The third kappa shape index (κ3) is 2.63. The van der Waals surface area contributed by atoms with Gasteiger partial charge in [0.05, 0.1) is 5.69 Å². The zero-order valence-electron chi connectivity index (χ0n) is 10.8. The third-order valence-corrected chi connectivity index (χ3v) is 3.72. The van der Waals surface area contributed by atoms with E-state index < -0.39 is 0 Å². The van der Waals surface area contributed by atoms with Gasteiger partial charge >= 0.3 is 0 Å². The lowest BCUT2D eigenvalue weighted by molar-refractivity contribution is 0.190. The molecule has 0 amide bonds. The predicted octanol–water partition coefficient (Wildman–Crippen LogP) is 1.73. The number of benzene rings is 1. The molecule has 1 aliphatic heterocycles. The van der Waals surface area contributed by atoms with Crippen LogP contribution in [0.5, 0.6) is 5.75 Å². The van der Waals surface area contributed by atoms with Crippen molar-refractivity contribution >= 4 is 0 Å². The van der Waals surface area contributed by atoms with Crippen LogP contribution in [-0.2, 0) is 19.4 Å². The highest BCUT2D eigenvalue weighted by Crippen LogP contribution is 2.21. The molecule has 4 heteroatoms. The van der Waals surface area contributed by atoms with Crippen LogP contribution in [0.3, 0.4) is 0 Å². The summed E-state index contributed by atoms with van der Waals surface area (Å²) in [5.41, 5.74) is 2.20. The van der Waals surface area contributed by atoms with Crippen LogP contribution in [0, 0.1) is 5.92 Å². The second-order valence-corrected chi connectivity index (χ2v) is 5.23. The second-order valence-electron chi connectivity index (χ2n) is 5.23. The summed E-state index contributed by atoms with van der Waals surface area (Å²) in [6.45, 7) is 1.12. The zero-order chi connectivity index (χ0) is 13.2. The van der Waals surface area contributed by atoms with E-state index in [0.29, 0.717) is 11.7 Å². The van der Waals surface area contributed by atoms with Gasteiger partial charge in [-0.25, -0.2) is 4.98 Å². The highest BCUT2D eigenvalue weighted by Gasteiger charge is 2.19. The maximum Gasteiger partial charge on any atom is 0.115 e. The summed E-state index contributed by atoms with van der Waals surface area (Å²) in [5, 5.41) is 18.5. The third-order valence-electron chi connectivity index (χ3n) is 3.72. The SMILES string of the molecule is OCC1CCc2nc(Cc3ccc(O)cc3)cn2C1. The van der Waals surface area contributed by atoms with Gasteiger partial charge in [0.2, 0.25) is 0 Å². The van der Waals surface area contributed by atoms with Gasteiger partial charge in [-0.1, -0.05) is 12.1 Å². The quantitative estimate of drug-likeness (QED) is 0.881. The van der Waals surface area contributed by atoms with E-state index in [2.05, 4.69) is 15.7 Å². The van der Waals surface area contributed by atoms with Gasteiger partial charge in [0, 0.05) is 38.1 Å². The molecule has 0 saturated carbocycles. The first-order valence-corrected chi connectivity index (χ1v) is 6.68. The lowest BCUT2D eigenvalue weighted by Crippen LogP contribution is -2.22. The number of imidazole rings is 1. The number of phenolic OH excluding ortho intramolecular Hbond substituents is 1. The average molecular weight is 258 g/mol. The molecule has 19 heavy (non-hydrogen) atoms. The number of hydrogen-bond acceptors (Lipinski definition) is 3. The van der Waals surface area contributed by atoms with E-state index in [0.717, 1.165) is 42.9 Å². The fourth-order valence-electron chi connectivity index (χ4n) is 2.63. The van der Waals surface area contributed by atoms with Crippen molar-refractivity contribution in [2.24, 2.45) is 5.92 Å². The van der Waals surface area contributed by atoms with Gasteiger partial charge in [0.1, 0.15) is 11.6 Å². The number of hydrogen-bond donors (Lipinski definition) is 2. The van der Waals surface area contributed by atoms with Crippen LogP contribution in [0.2, 0.25) is 0 Å². The molecule has 2 N–H and O–H groups in total. The molecular formula is C15H18N2O2. The number of fused-ring (bicyclic) bond motifs is 1. The summed E-state index contributed by atoms with van der Waals surface area (Å²) < 4.78 is 2.17. The summed E-state index contributed by atoms with van der Waals surface area (Å²) >= 11 is 0. The van der Waals surface area contributed by atoms with Gasteiger partial charge in [-0.2, -0.15) is 0 Å². The molecule has 1 aromatic carbocycles. The van der Waals surface area contributed by atoms with Gasteiger partial charge < -0.3 is 14.8 Å². The van der Waals surface area contributed by atoms with Crippen LogP contribution in [0.15, 0.2) is 30.5 Å². The minimum Gasteiger partial charge on any atom is -0.508 e. The van der Waals surface area contributed by atoms with Gasteiger partial charge in [-0.15, -0.1) is 0 Å². The van der Waals surface area contributed by atoms with Gasteiger partial charge in [-0.05, 0) is 24.1 Å². The number of aromatic nitrogens is 2. The highest BCUT2D eigenvalue weighted by atomic mass is 16.3. The molecule has 2 heterocycles. The van der Waals surface area contributed by atoms with E-state index in [1.54, 1.807) is 12.1 Å². The molecule has 4 nitrogen and oxygen atoms in total. The lowest BCUT2D eigenvalue weighted by Gasteiger charge is -2.21. The summed E-state index contributed by atoms with van der Waals surface area (Å²) in [7, 11) is 0. The molecule has 1 aromatic heterocycles. The summed E-state index contributed by atoms with van der Waals surface area (Å²) in [5.74, 6) is 1.78. The van der Waals surface area contributed by atoms with Crippen molar-refractivity contribution < 1.29 is 10.2 Å². The molecular weight excluding hydrogens is 240 g/mol. The van der Waals surface area contributed by atoms with E-state index in [4.69, 9.17) is 0 Å². The number of aromatic hydroxyl groups is 1. The number of nitrogens with zero attached hydrogens (tertiary/aromatic N) is 2. The Bertz CT molecular complexity index is 560. The average Bonchev–Trinajstić information content (AvgIpc) is 2.82. The van der Waals surface area contributed by atoms with Crippen LogP contribution in [0.4, 0.5) is 0 Å². The molecule has 0 aliphatic carbocycles. The first-order chi connectivity index (χ1) is 9.24. The minimum absolute atomic E-state index is 0.255. The number of rotatable bonds is 3. The normalized spacial score (nSPS) is 18.3. The predicted molar refractivity (Wildman–Crippen MR) is 72.0 cm³/mol. The lowest BCUT2D eigenvalue weighted by atomic mass is 10.0. The fourth-order valence-corrected chi connectivity index (χ4v) is 2.63. The van der Waals surface area contributed by atoms with Crippen molar-refractivity contribution in [1.82, 2.24) is 9.55 Å². The number of phenols is 1. The van der Waals surface area contributed by atoms with Gasteiger partial charge in [-0.3, -0.25) is 0 Å². The molecule has 0 saturated heterocycles. The topological polar surface area (TPSA) is 58.3 Å². The highest BCUT2D eigenvalue weighted by molar-refractivity contribution is 5.28. The molecule has 0 spiro atoms. The summed E-state index contributed by atoms with van der Waals surface area (Å²) in [6.07, 6.45) is 4.83. The Labute approximate surface area is 112 Å². The molecule has 1 aliphatic rings. The molecule has 100 valence electrons. The summed E-state index contributed by atoms with van der Waals surface area (Å²) in [4.78, 5) is 4.66. The van der Waals surface area contributed by atoms with Crippen molar-refractivity contribution in [2.75, 3.05) is 6.61 Å². The van der Waals surface area contributed by atoms with E-state index >= 15 is 0 Å². The van der Waals surface area contributed by atoms with Crippen LogP contribution in [-0.4, -0.2) is 26.4 Å².